The van der Waals surface area contributed by atoms with E-state index in [1.165, 1.54) is 16.9 Å². The maximum absolute atomic E-state index is 12.6. The molecule has 34 heavy (non-hydrogen) atoms. The zero-order valence-electron chi connectivity index (χ0n) is 19.2. The summed E-state index contributed by atoms with van der Waals surface area (Å²) in [4.78, 5) is 30.8. The molecule has 0 atom stereocenters. The summed E-state index contributed by atoms with van der Waals surface area (Å²) in [5, 5.41) is 3.40. The van der Waals surface area contributed by atoms with Crippen molar-refractivity contribution in [3.8, 4) is 27.4 Å². The van der Waals surface area contributed by atoms with Crippen molar-refractivity contribution in [2.75, 3.05) is 11.9 Å². The maximum Gasteiger partial charge on any atom is 0.226 e. The van der Waals surface area contributed by atoms with Crippen molar-refractivity contribution < 1.29 is 14.3 Å². The molecular weight excluding hydrogens is 444 g/mol. The molecular formula is C28H26N2O3S. The lowest BCUT2D eigenvalue weighted by Crippen LogP contribution is -2.13. The Kier molecular flexibility index (Phi) is 7.50. The molecule has 172 valence electrons. The molecule has 1 aromatic heterocycles. The molecule has 0 aliphatic carbocycles. The van der Waals surface area contributed by atoms with Gasteiger partial charge >= 0.3 is 0 Å². The highest BCUT2D eigenvalue weighted by Gasteiger charge is 2.17. The van der Waals surface area contributed by atoms with E-state index in [1.807, 2.05) is 37.3 Å². The highest BCUT2D eigenvalue weighted by Crippen LogP contribution is 2.39. The van der Waals surface area contributed by atoms with Crippen LogP contribution in [0.4, 0.5) is 5.13 Å². The van der Waals surface area contributed by atoms with Crippen LogP contribution in [0.3, 0.4) is 0 Å². The highest BCUT2D eigenvalue weighted by molar-refractivity contribution is 7.19. The summed E-state index contributed by atoms with van der Waals surface area (Å²) < 4.78 is 5.41. The van der Waals surface area contributed by atoms with Crippen LogP contribution in [-0.4, -0.2) is 23.3 Å². The smallest absolute Gasteiger partial charge is 0.226 e. The van der Waals surface area contributed by atoms with Crippen molar-refractivity contribution in [3.05, 3.63) is 90.0 Å². The SMILES string of the molecule is CCOc1ccc(C(=O)CCC(=O)Nc2nc(-c3ccccc3)c(-c3ccc(C)cc3)s2)cc1. The molecule has 1 N–H and O–H groups in total. The first-order valence-electron chi connectivity index (χ1n) is 11.2. The number of ketones is 1. The number of hydrogen-bond donors (Lipinski definition) is 1. The van der Waals surface area contributed by atoms with E-state index in [4.69, 9.17) is 9.72 Å². The third-order valence-corrected chi connectivity index (χ3v) is 6.32. The van der Waals surface area contributed by atoms with Gasteiger partial charge < -0.3 is 10.1 Å². The van der Waals surface area contributed by atoms with E-state index in [9.17, 15) is 9.59 Å². The number of aromatic nitrogens is 1. The van der Waals surface area contributed by atoms with Gasteiger partial charge in [0.05, 0.1) is 17.2 Å². The van der Waals surface area contributed by atoms with Crippen molar-refractivity contribution in [2.24, 2.45) is 0 Å². The standard InChI is InChI=1S/C28H26N2O3S/c1-3-33-23-15-13-20(14-16-23)24(31)17-18-25(32)29-28-30-26(21-7-5-4-6-8-21)27(34-28)22-11-9-19(2)10-12-22/h4-16H,3,17-18H2,1-2H3,(H,29,30,32). The topological polar surface area (TPSA) is 68.3 Å². The molecule has 4 rings (SSSR count). The van der Waals surface area contributed by atoms with Crippen LogP contribution in [-0.2, 0) is 4.79 Å². The zero-order chi connectivity index (χ0) is 23.9. The fourth-order valence-corrected chi connectivity index (χ4v) is 4.53. The van der Waals surface area contributed by atoms with Gasteiger partial charge in [-0.2, -0.15) is 0 Å². The number of anilines is 1. The molecule has 6 heteroatoms. The number of carbonyl (C=O) groups excluding carboxylic acids is 2. The lowest BCUT2D eigenvalue weighted by molar-refractivity contribution is -0.116. The molecule has 1 amide bonds. The summed E-state index contributed by atoms with van der Waals surface area (Å²) in [6.07, 6.45) is 0.216. The molecule has 4 aromatic rings. The first-order chi connectivity index (χ1) is 16.5. The molecule has 0 saturated heterocycles. The molecule has 1 heterocycles. The monoisotopic (exact) mass is 470 g/mol. The number of nitrogens with one attached hydrogen (secondary N) is 1. The number of benzene rings is 3. The summed E-state index contributed by atoms with van der Waals surface area (Å²) in [6.45, 7) is 4.53. The predicted molar refractivity (Wildman–Crippen MR) is 138 cm³/mol. The molecule has 3 aromatic carbocycles. The number of ether oxygens (including phenoxy) is 1. The van der Waals surface area contributed by atoms with Crippen molar-refractivity contribution in [3.63, 3.8) is 0 Å². The Morgan fingerprint density at radius 2 is 1.59 bits per heavy atom. The van der Waals surface area contributed by atoms with Crippen molar-refractivity contribution in [1.29, 1.82) is 0 Å². The quantitative estimate of drug-likeness (QED) is 0.274. The van der Waals surface area contributed by atoms with Crippen LogP contribution < -0.4 is 10.1 Å². The van der Waals surface area contributed by atoms with E-state index in [0.29, 0.717) is 17.3 Å². The van der Waals surface area contributed by atoms with Gasteiger partial charge in [0, 0.05) is 24.0 Å². The zero-order valence-corrected chi connectivity index (χ0v) is 20.0. The summed E-state index contributed by atoms with van der Waals surface area (Å²) in [5.41, 5.74) is 4.61. The summed E-state index contributed by atoms with van der Waals surface area (Å²) in [7, 11) is 0. The largest absolute Gasteiger partial charge is 0.494 e. The van der Waals surface area contributed by atoms with Gasteiger partial charge in [-0.25, -0.2) is 4.98 Å². The summed E-state index contributed by atoms with van der Waals surface area (Å²) in [5.74, 6) is 0.407. The number of aryl methyl sites for hydroxylation is 1. The van der Waals surface area contributed by atoms with E-state index in [0.717, 1.165) is 27.4 Å². The number of carbonyl (C=O) groups is 2. The van der Waals surface area contributed by atoms with Crippen LogP contribution in [0.1, 0.15) is 35.7 Å². The Morgan fingerprint density at radius 1 is 0.882 bits per heavy atom. The predicted octanol–water partition coefficient (Wildman–Crippen LogP) is 6.79. The van der Waals surface area contributed by atoms with Gasteiger partial charge in [0.25, 0.3) is 0 Å². The van der Waals surface area contributed by atoms with Gasteiger partial charge in [-0.3, -0.25) is 9.59 Å². The number of hydrogen-bond acceptors (Lipinski definition) is 5. The van der Waals surface area contributed by atoms with Gasteiger partial charge in [0.2, 0.25) is 5.91 Å². The van der Waals surface area contributed by atoms with Gasteiger partial charge in [0.1, 0.15) is 5.75 Å². The van der Waals surface area contributed by atoms with E-state index >= 15 is 0 Å². The normalized spacial score (nSPS) is 10.6. The highest BCUT2D eigenvalue weighted by atomic mass is 32.1. The fraction of sp³-hybridized carbons (Fsp3) is 0.179. The van der Waals surface area contributed by atoms with Crippen LogP contribution in [0.2, 0.25) is 0 Å². The first kappa shape index (κ1) is 23.4. The van der Waals surface area contributed by atoms with Gasteiger partial charge in [-0.1, -0.05) is 71.5 Å². The molecule has 0 spiro atoms. The number of rotatable bonds is 9. The van der Waals surface area contributed by atoms with Gasteiger partial charge in [-0.15, -0.1) is 0 Å². The van der Waals surface area contributed by atoms with E-state index in [2.05, 4.69) is 36.5 Å². The second kappa shape index (κ2) is 10.9. The molecule has 5 nitrogen and oxygen atoms in total. The van der Waals surface area contributed by atoms with Crippen molar-refractivity contribution >= 4 is 28.2 Å². The fourth-order valence-electron chi connectivity index (χ4n) is 3.52. The maximum atomic E-state index is 12.6. The van der Waals surface area contributed by atoms with Crippen LogP contribution in [0.25, 0.3) is 21.7 Å². The number of nitrogens with zero attached hydrogens (tertiary/aromatic N) is 1. The Balaban J connectivity index is 1.46. The average molecular weight is 471 g/mol. The Hall–Kier alpha value is -3.77. The third-order valence-electron chi connectivity index (χ3n) is 5.30. The second-order valence-electron chi connectivity index (χ2n) is 7.86. The molecule has 0 aliphatic heterocycles. The van der Waals surface area contributed by atoms with Crippen LogP contribution in [0, 0.1) is 6.92 Å². The summed E-state index contributed by atoms with van der Waals surface area (Å²) in [6, 6.07) is 25.2. The number of Topliss-reactive ketones (excluding diaryl/α,β-unsaturated/α-hetero) is 1. The Bertz CT molecular complexity index is 1260. The van der Waals surface area contributed by atoms with Crippen molar-refractivity contribution in [1.82, 2.24) is 4.98 Å². The number of amides is 1. The minimum atomic E-state index is -0.233. The van der Waals surface area contributed by atoms with Crippen LogP contribution in [0.5, 0.6) is 5.75 Å². The Morgan fingerprint density at radius 3 is 2.26 bits per heavy atom. The van der Waals surface area contributed by atoms with Crippen LogP contribution in [0.15, 0.2) is 78.9 Å². The summed E-state index contributed by atoms with van der Waals surface area (Å²) >= 11 is 1.44. The minimum Gasteiger partial charge on any atom is -0.494 e. The molecule has 0 fully saturated rings. The average Bonchev–Trinajstić information content (AvgIpc) is 3.28. The Labute approximate surface area is 203 Å². The van der Waals surface area contributed by atoms with Gasteiger partial charge in [0.15, 0.2) is 10.9 Å². The lowest BCUT2D eigenvalue weighted by atomic mass is 10.1. The van der Waals surface area contributed by atoms with E-state index in [1.54, 1.807) is 24.3 Å². The third kappa shape index (κ3) is 5.77. The molecule has 0 aliphatic rings. The van der Waals surface area contributed by atoms with E-state index < -0.39 is 0 Å². The first-order valence-corrected chi connectivity index (χ1v) is 12.0. The molecule has 0 saturated carbocycles. The van der Waals surface area contributed by atoms with Gasteiger partial charge in [-0.05, 0) is 43.7 Å². The molecule has 0 unspecified atom stereocenters. The van der Waals surface area contributed by atoms with E-state index in [-0.39, 0.29) is 24.5 Å². The molecule has 0 bridgehead atoms. The molecule has 0 radical (unpaired) electrons. The van der Waals surface area contributed by atoms with Crippen molar-refractivity contribution in [2.45, 2.75) is 26.7 Å². The lowest BCUT2D eigenvalue weighted by Gasteiger charge is -2.05. The second-order valence-corrected chi connectivity index (χ2v) is 8.86. The minimum absolute atomic E-state index is 0.0809. The number of thiazole rings is 1. The van der Waals surface area contributed by atoms with Crippen LogP contribution >= 0.6 is 11.3 Å².